The fraction of sp³-hybridized carbons (Fsp3) is 0.0677. The molecule has 0 aliphatic heterocycles. The molecule has 0 amide bonds. The van der Waals surface area contributed by atoms with Crippen LogP contribution in [0.2, 0.25) is 0 Å². The first-order valence-corrected chi connectivity index (χ1v) is 47.2. The van der Waals surface area contributed by atoms with Crippen LogP contribution in [0.3, 0.4) is 0 Å². The van der Waals surface area contributed by atoms with Crippen LogP contribution in [0.4, 0.5) is 85.3 Å². The van der Waals surface area contributed by atoms with Crippen LogP contribution in [-0.2, 0) is 5.41 Å². The number of para-hydroxylation sites is 6. The lowest BCUT2D eigenvalue weighted by Gasteiger charge is -2.29. The topological polar surface area (TPSA) is 16.2 Å². The highest BCUT2D eigenvalue weighted by atomic mass is 15.2. The number of rotatable bonds is 15. The summed E-state index contributed by atoms with van der Waals surface area (Å²) in [5, 5.41) is 25.5. The standard InChI is InChI=1S/C43H34N2.C32H27N.C30H23N.C28H19N/c1-43(2)41-30-37(45(34-19-11-5-12-20-34)35-21-13-6-14-22-35)25-28-39(41)40-26-23-31-29-36(24-27-38(31)42(40)43)44(32-15-7-3-8-16-32)33-17-9-4-10-18-33;1-20-14-21(2)17-27(16-20)33(28-18-22(3)15-23(4)19-28)30-13-11-26-9-8-24-6-5-7-25-10-12-29(30)32(26)31(24)25;1-20-6-14-25(15-7-20)31(26-16-8-21(2)9-17-26)28-19-13-24-11-10-22-4-3-5-23-12-18-27(28)30(24)29(22)23;1-3-10-23(11-4-1)29(24-12-5-2-6-13-24)26-19-17-22-15-14-20-8-7-9-21-16-18-25(26)28(22)27(20)21/h3-30H,1-2H3;5-19H,1-4H3;3-19H,1-2H3;1-19H/i3D,5D,7D,8D,11D,12D,15D,16D,19D,20D;;;. The second-order valence-electron chi connectivity index (χ2n) is 36.9. The van der Waals surface area contributed by atoms with E-state index in [1.54, 1.807) is 9.80 Å². The van der Waals surface area contributed by atoms with E-state index in [1.165, 1.54) is 170 Å². The molecule has 25 aromatic rings. The summed E-state index contributed by atoms with van der Waals surface area (Å²) in [4.78, 5) is 10.6. The summed E-state index contributed by atoms with van der Waals surface area (Å²) in [7, 11) is 0. The lowest BCUT2D eigenvalue weighted by Crippen LogP contribution is -2.17. The lowest BCUT2D eigenvalue weighted by molar-refractivity contribution is 0.666. The Kier molecular flexibility index (Phi) is 19.2. The summed E-state index contributed by atoms with van der Waals surface area (Å²) < 4.78 is 85.2. The van der Waals surface area contributed by atoms with Crippen molar-refractivity contribution in [3.8, 4) is 11.1 Å². The van der Waals surface area contributed by atoms with Crippen LogP contribution in [0.15, 0.2) is 479 Å². The van der Waals surface area contributed by atoms with Crippen molar-refractivity contribution < 1.29 is 13.7 Å². The minimum atomic E-state index is -0.532. The third-order valence-corrected chi connectivity index (χ3v) is 27.3. The van der Waals surface area contributed by atoms with Crippen molar-refractivity contribution in [2.45, 2.75) is 60.8 Å². The van der Waals surface area contributed by atoms with Gasteiger partial charge in [-0.05, 0) is 341 Å². The van der Waals surface area contributed by atoms with Crippen molar-refractivity contribution >= 4 is 193 Å². The van der Waals surface area contributed by atoms with E-state index in [0.29, 0.717) is 22.7 Å². The van der Waals surface area contributed by atoms with Crippen molar-refractivity contribution in [1.29, 1.82) is 0 Å². The van der Waals surface area contributed by atoms with Crippen molar-refractivity contribution in [1.82, 2.24) is 0 Å². The minimum Gasteiger partial charge on any atom is -0.310 e. The molecule has 0 radical (unpaired) electrons. The molecule has 138 heavy (non-hydrogen) atoms. The molecular weight excluding hydrogens is 1670 g/mol. The second-order valence-corrected chi connectivity index (χ2v) is 36.9. The van der Waals surface area contributed by atoms with Crippen LogP contribution in [0, 0.1) is 41.5 Å². The highest BCUT2D eigenvalue weighted by Crippen LogP contribution is 2.55. The Hall–Kier alpha value is -17.1. The number of fused-ring (bicyclic) bond motifs is 5. The van der Waals surface area contributed by atoms with Gasteiger partial charge in [-0.3, -0.25) is 0 Å². The number of nitrogens with zero attached hydrogens (tertiary/aromatic N) is 5. The molecule has 0 spiro atoms. The van der Waals surface area contributed by atoms with Gasteiger partial charge in [0, 0.05) is 89.8 Å². The maximum absolute atomic E-state index is 8.84. The summed E-state index contributed by atoms with van der Waals surface area (Å²) >= 11 is 0. The molecule has 0 fully saturated rings. The molecule has 0 N–H and O–H groups in total. The zero-order valence-electron chi connectivity index (χ0n) is 88.1. The number of hydrogen-bond acceptors (Lipinski definition) is 5. The number of benzene rings is 25. The van der Waals surface area contributed by atoms with E-state index >= 15 is 0 Å². The van der Waals surface area contributed by atoms with Crippen LogP contribution < -0.4 is 24.5 Å². The van der Waals surface area contributed by atoms with Gasteiger partial charge in [0.2, 0.25) is 0 Å². The molecule has 0 heterocycles. The maximum atomic E-state index is 8.84. The first-order valence-electron chi connectivity index (χ1n) is 52.2. The average molecular weight is 1780 g/mol. The molecule has 0 aromatic heterocycles. The summed E-state index contributed by atoms with van der Waals surface area (Å²) in [6.07, 6.45) is 0. The molecule has 0 saturated heterocycles. The van der Waals surface area contributed by atoms with Crippen LogP contribution in [0.1, 0.15) is 72.1 Å². The molecule has 660 valence electrons. The SMILES string of the molecule is Cc1cc(C)cc(N(c2cc(C)cc(C)c2)c2ccc3ccc4cccc5ccc2c3c45)c1.Cc1ccc(N(c2ccc(C)cc2)c2ccc3ccc4cccc5ccc2c3c45)cc1.[2H]c1c([2H])c([2H])c(N(c2ccccc2)c2ccc3c(c2)C(C)(C)c2c-3ccc3cc(N(c4ccccc4)c4c([2H])c([2H])c([2H])c([2H])c4[2H])ccc23)c([2H])c1[2H].c1ccc(N(c2ccccc2)c2ccc3ccc4cccc5ccc2c3c45)cc1. The first kappa shape index (κ1) is 74.3. The van der Waals surface area contributed by atoms with Crippen molar-refractivity contribution in [2.24, 2.45) is 0 Å². The fourth-order valence-electron chi connectivity index (χ4n) is 21.3. The zero-order valence-corrected chi connectivity index (χ0v) is 78.1. The summed E-state index contributed by atoms with van der Waals surface area (Å²) in [6.45, 7) is 17.3. The smallest absolute Gasteiger partial charge is 0.0645 e. The number of aryl methyl sites for hydroxylation is 6. The molecular formula is C133H103N5. The zero-order chi connectivity index (χ0) is 102. The van der Waals surface area contributed by atoms with Gasteiger partial charge in [-0.25, -0.2) is 0 Å². The highest BCUT2D eigenvalue weighted by Gasteiger charge is 2.38. The predicted molar refractivity (Wildman–Crippen MR) is 594 cm³/mol. The van der Waals surface area contributed by atoms with E-state index in [2.05, 4.69) is 386 Å². The molecule has 26 rings (SSSR count). The Labute approximate surface area is 821 Å². The maximum Gasteiger partial charge on any atom is 0.0645 e. The quantitative estimate of drug-likeness (QED) is 0.0948. The molecule has 0 saturated carbocycles. The Balaban J connectivity index is 0.000000113. The van der Waals surface area contributed by atoms with Crippen LogP contribution in [0.25, 0.3) is 119 Å². The van der Waals surface area contributed by atoms with Gasteiger partial charge in [-0.2, -0.15) is 0 Å². The van der Waals surface area contributed by atoms with E-state index in [-0.39, 0.29) is 35.5 Å². The largest absolute Gasteiger partial charge is 0.310 e. The van der Waals surface area contributed by atoms with Crippen molar-refractivity contribution in [3.05, 3.63) is 524 Å². The summed E-state index contributed by atoms with van der Waals surface area (Å²) in [6, 6.07) is 144. The van der Waals surface area contributed by atoms with Crippen molar-refractivity contribution in [3.63, 3.8) is 0 Å². The number of anilines is 15. The van der Waals surface area contributed by atoms with Crippen LogP contribution >= 0.6 is 0 Å². The number of hydrogen-bond donors (Lipinski definition) is 0. The first-order chi connectivity index (χ1) is 71.8. The molecule has 1 aliphatic rings. The molecule has 0 atom stereocenters. The van der Waals surface area contributed by atoms with Gasteiger partial charge >= 0.3 is 0 Å². The molecule has 25 aromatic carbocycles. The second kappa shape index (κ2) is 35.7. The normalized spacial score (nSPS) is 13.0. The van der Waals surface area contributed by atoms with Gasteiger partial charge in [0.05, 0.1) is 30.8 Å². The van der Waals surface area contributed by atoms with Gasteiger partial charge in [0.15, 0.2) is 0 Å². The molecule has 0 bridgehead atoms. The Bertz CT molecular complexity index is 9200. The fourth-order valence-corrected chi connectivity index (χ4v) is 21.3. The molecule has 1 aliphatic carbocycles. The molecule has 0 unspecified atom stereocenters. The highest BCUT2D eigenvalue weighted by molar-refractivity contribution is 6.29. The summed E-state index contributed by atoms with van der Waals surface area (Å²) in [5.41, 5.74) is 24.6. The van der Waals surface area contributed by atoms with Crippen LogP contribution in [0.5, 0.6) is 0 Å². The predicted octanol–water partition coefficient (Wildman–Crippen LogP) is 38.1. The molecule has 5 heteroatoms. The average Bonchev–Trinajstić information content (AvgIpc) is 1.53. The van der Waals surface area contributed by atoms with E-state index in [1.807, 2.05) is 103 Å². The van der Waals surface area contributed by atoms with E-state index in [9.17, 15) is 0 Å². The van der Waals surface area contributed by atoms with E-state index in [0.717, 1.165) is 44.4 Å². The third-order valence-electron chi connectivity index (χ3n) is 27.3. The van der Waals surface area contributed by atoms with Gasteiger partial charge in [0.1, 0.15) is 0 Å². The Morgan fingerprint density at radius 1 is 0.181 bits per heavy atom. The van der Waals surface area contributed by atoms with Gasteiger partial charge < -0.3 is 24.5 Å². The lowest BCUT2D eigenvalue weighted by atomic mass is 9.80. The van der Waals surface area contributed by atoms with Gasteiger partial charge in [0.25, 0.3) is 0 Å². The van der Waals surface area contributed by atoms with Gasteiger partial charge in [-0.15, -0.1) is 0 Å². The summed E-state index contributed by atoms with van der Waals surface area (Å²) in [5.74, 6) is 0. The van der Waals surface area contributed by atoms with E-state index in [4.69, 9.17) is 13.7 Å². The monoisotopic (exact) mass is 1780 g/mol. The van der Waals surface area contributed by atoms with Crippen molar-refractivity contribution in [2.75, 3.05) is 24.5 Å². The minimum absolute atomic E-state index is 0.0556. The Morgan fingerprint density at radius 2 is 0.457 bits per heavy atom. The molecule has 5 nitrogen and oxygen atoms in total. The van der Waals surface area contributed by atoms with Gasteiger partial charge in [-0.1, -0.05) is 340 Å². The Morgan fingerprint density at radius 3 is 0.819 bits per heavy atom. The van der Waals surface area contributed by atoms with Crippen LogP contribution in [-0.4, -0.2) is 0 Å². The third kappa shape index (κ3) is 15.7. The van der Waals surface area contributed by atoms with E-state index < -0.39 is 41.7 Å².